The van der Waals surface area contributed by atoms with Crippen LogP contribution < -0.4 is 16.0 Å². The molecule has 1 heterocycles. The third-order valence-corrected chi connectivity index (χ3v) is 6.41. The van der Waals surface area contributed by atoms with Crippen molar-refractivity contribution < 1.29 is 9.13 Å². The molecule has 4 aromatic rings. The number of halogens is 1. The Hall–Kier alpha value is -3.70. The minimum atomic E-state index is -0.543. The second kappa shape index (κ2) is 10.1. The second-order valence-electron chi connectivity index (χ2n) is 8.48. The Bertz CT molecular complexity index is 1350. The van der Waals surface area contributed by atoms with Crippen molar-refractivity contribution in [1.29, 1.82) is 0 Å². The fourth-order valence-corrected chi connectivity index (χ4v) is 4.49. The van der Waals surface area contributed by atoms with Crippen LogP contribution in [0.3, 0.4) is 0 Å². The molecule has 2 N–H and O–H groups in total. The van der Waals surface area contributed by atoms with Crippen LogP contribution in [0.4, 0.5) is 4.39 Å². The Morgan fingerprint density at radius 3 is 2.24 bits per heavy atom. The molecule has 0 amide bonds. The first kappa shape index (κ1) is 23.5. The monoisotopic (exact) mass is 456 g/mol. The maximum atomic E-state index is 15.3. The van der Waals surface area contributed by atoms with Gasteiger partial charge in [0.1, 0.15) is 0 Å². The Kier molecular flexibility index (Phi) is 6.94. The molecule has 0 aliphatic carbocycles. The molecule has 0 spiro atoms. The largest absolute Gasteiger partial charge is 0.494 e. The van der Waals surface area contributed by atoms with E-state index in [2.05, 4.69) is 12.1 Å². The van der Waals surface area contributed by atoms with E-state index in [1.54, 1.807) is 22.8 Å². The van der Waals surface area contributed by atoms with Crippen molar-refractivity contribution in [3.05, 3.63) is 123 Å². The average molecular weight is 457 g/mol. The average Bonchev–Trinajstić information content (AvgIpc) is 2.86. The predicted molar refractivity (Wildman–Crippen MR) is 135 cm³/mol. The fraction of sp³-hybridized carbons (Fsp3) is 0.207. The van der Waals surface area contributed by atoms with Gasteiger partial charge in [0.25, 0.3) is 5.56 Å². The van der Waals surface area contributed by atoms with E-state index in [-0.39, 0.29) is 29.5 Å². The van der Waals surface area contributed by atoms with E-state index in [9.17, 15) is 4.79 Å². The predicted octanol–water partition coefficient (Wildman–Crippen LogP) is 5.57. The van der Waals surface area contributed by atoms with E-state index < -0.39 is 5.82 Å². The summed E-state index contributed by atoms with van der Waals surface area (Å²) in [5.74, 6) is -0.437. The number of ether oxygens (including phenoxy) is 1. The van der Waals surface area contributed by atoms with Gasteiger partial charge < -0.3 is 15.0 Å². The van der Waals surface area contributed by atoms with Gasteiger partial charge in [-0.05, 0) is 48.6 Å². The molecule has 0 aliphatic rings. The molecule has 0 aliphatic heterocycles. The van der Waals surface area contributed by atoms with Gasteiger partial charge in [0.05, 0.1) is 12.7 Å². The summed E-state index contributed by atoms with van der Waals surface area (Å²) in [4.78, 5) is 13.8. The van der Waals surface area contributed by atoms with Crippen molar-refractivity contribution in [1.82, 2.24) is 4.57 Å². The first-order valence-electron chi connectivity index (χ1n) is 11.3. The summed E-state index contributed by atoms with van der Waals surface area (Å²) in [7, 11) is 1.42. The van der Waals surface area contributed by atoms with Crippen LogP contribution in [0.15, 0.2) is 83.7 Å². The summed E-state index contributed by atoms with van der Waals surface area (Å²) in [6.45, 7) is 4.12. The SMILES string of the molecule is COc1cccc(-c2c(C)c(Cc3ccccc3)c(C)n(CC(N)c3ccccc3)c2=O)c1F. The number of pyridine rings is 1. The fourth-order valence-electron chi connectivity index (χ4n) is 4.49. The zero-order chi connectivity index (χ0) is 24.2. The lowest BCUT2D eigenvalue weighted by atomic mass is 9.92. The van der Waals surface area contributed by atoms with Crippen LogP contribution >= 0.6 is 0 Å². The van der Waals surface area contributed by atoms with Crippen LogP contribution in [-0.2, 0) is 13.0 Å². The van der Waals surface area contributed by atoms with Crippen LogP contribution in [0.2, 0.25) is 0 Å². The molecule has 4 nitrogen and oxygen atoms in total. The first-order valence-corrected chi connectivity index (χ1v) is 11.3. The van der Waals surface area contributed by atoms with E-state index >= 15 is 4.39 Å². The van der Waals surface area contributed by atoms with Gasteiger partial charge in [-0.25, -0.2) is 4.39 Å². The summed E-state index contributed by atoms with van der Waals surface area (Å²) in [5.41, 5.74) is 11.5. The highest BCUT2D eigenvalue weighted by Gasteiger charge is 2.23. The molecule has 174 valence electrons. The number of nitrogens with two attached hydrogens (primary N) is 1. The molecule has 0 fully saturated rings. The normalized spacial score (nSPS) is 11.9. The smallest absolute Gasteiger partial charge is 0.259 e. The summed E-state index contributed by atoms with van der Waals surface area (Å²) < 4.78 is 22.2. The van der Waals surface area contributed by atoms with Crippen LogP contribution in [0, 0.1) is 19.7 Å². The standard InChI is InChI=1S/C29H29FN2O2/c1-19-24(17-21-11-6-4-7-12-21)20(2)32(18-25(31)22-13-8-5-9-14-22)29(33)27(19)23-15-10-16-26(34-3)28(23)30/h4-16,25H,17-18,31H2,1-3H3. The number of aromatic nitrogens is 1. The zero-order valence-electron chi connectivity index (χ0n) is 19.7. The Balaban J connectivity index is 1.93. The van der Waals surface area contributed by atoms with E-state index in [1.807, 2.05) is 62.4 Å². The molecular formula is C29H29FN2O2. The number of rotatable bonds is 7. The highest BCUT2D eigenvalue weighted by Crippen LogP contribution is 2.32. The molecule has 5 heteroatoms. The topological polar surface area (TPSA) is 57.2 Å². The van der Waals surface area contributed by atoms with E-state index in [4.69, 9.17) is 10.5 Å². The number of hydrogen-bond donors (Lipinski definition) is 1. The van der Waals surface area contributed by atoms with Gasteiger partial charge in [0, 0.05) is 23.8 Å². The molecular weight excluding hydrogens is 427 g/mol. The molecule has 0 radical (unpaired) electrons. The Morgan fingerprint density at radius 2 is 1.59 bits per heavy atom. The second-order valence-corrected chi connectivity index (χ2v) is 8.48. The van der Waals surface area contributed by atoms with Crippen LogP contribution in [0.25, 0.3) is 11.1 Å². The molecule has 1 atom stereocenters. The molecule has 3 aromatic carbocycles. The maximum Gasteiger partial charge on any atom is 0.259 e. The van der Waals surface area contributed by atoms with Crippen molar-refractivity contribution in [2.45, 2.75) is 32.9 Å². The molecule has 0 saturated carbocycles. The maximum absolute atomic E-state index is 15.3. The van der Waals surface area contributed by atoms with Gasteiger partial charge in [-0.3, -0.25) is 4.79 Å². The quantitative estimate of drug-likeness (QED) is 0.396. The van der Waals surface area contributed by atoms with Crippen molar-refractivity contribution >= 4 is 0 Å². The molecule has 0 bridgehead atoms. The van der Waals surface area contributed by atoms with E-state index in [1.165, 1.54) is 7.11 Å². The van der Waals surface area contributed by atoms with E-state index in [0.29, 0.717) is 12.0 Å². The zero-order valence-corrected chi connectivity index (χ0v) is 19.7. The van der Waals surface area contributed by atoms with Crippen LogP contribution in [0.1, 0.15) is 34.0 Å². The van der Waals surface area contributed by atoms with Gasteiger partial charge in [-0.1, -0.05) is 72.8 Å². The Morgan fingerprint density at radius 1 is 0.941 bits per heavy atom. The third-order valence-electron chi connectivity index (χ3n) is 6.41. The molecule has 0 saturated heterocycles. The van der Waals surface area contributed by atoms with Gasteiger partial charge >= 0.3 is 0 Å². The van der Waals surface area contributed by atoms with Crippen LogP contribution in [-0.4, -0.2) is 11.7 Å². The van der Waals surface area contributed by atoms with Crippen molar-refractivity contribution in [2.24, 2.45) is 5.73 Å². The van der Waals surface area contributed by atoms with Crippen molar-refractivity contribution in [3.8, 4) is 16.9 Å². The molecule has 1 aromatic heterocycles. The highest BCUT2D eigenvalue weighted by atomic mass is 19.1. The number of nitrogens with zero attached hydrogens (tertiary/aromatic N) is 1. The number of benzene rings is 3. The third kappa shape index (κ3) is 4.52. The van der Waals surface area contributed by atoms with Crippen LogP contribution in [0.5, 0.6) is 5.75 Å². The van der Waals surface area contributed by atoms with E-state index in [0.717, 1.165) is 27.9 Å². The minimum absolute atomic E-state index is 0.106. The highest BCUT2D eigenvalue weighted by molar-refractivity contribution is 5.70. The van der Waals surface area contributed by atoms with Crippen molar-refractivity contribution in [3.63, 3.8) is 0 Å². The van der Waals surface area contributed by atoms with Gasteiger partial charge in [0.15, 0.2) is 11.6 Å². The lowest BCUT2D eigenvalue weighted by molar-refractivity contribution is 0.387. The van der Waals surface area contributed by atoms with Gasteiger partial charge in [0.2, 0.25) is 0 Å². The minimum Gasteiger partial charge on any atom is -0.494 e. The lowest BCUT2D eigenvalue weighted by Crippen LogP contribution is -2.31. The summed E-state index contributed by atoms with van der Waals surface area (Å²) >= 11 is 0. The molecule has 34 heavy (non-hydrogen) atoms. The summed E-state index contributed by atoms with van der Waals surface area (Å²) in [6.07, 6.45) is 0.623. The molecule has 1 unspecified atom stereocenters. The summed E-state index contributed by atoms with van der Waals surface area (Å²) in [5, 5.41) is 0. The summed E-state index contributed by atoms with van der Waals surface area (Å²) in [6, 6.07) is 24.2. The molecule has 4 rings (SSSR count). The first-order chi connectivity index (χ1) is 16.4. The number of methoxy groups -OCH3 is 1. The van der Waals surface area contributed by atoms with Crippen molar-refractivity contribution in [2.75, 3.05) is 7.11 Å². The Labute approximate surface area is 199 Å². The number of hydrogen-bond acceptors (Lipinski definition) is 3. The van der Waals surface area contributed by atoms with Gasteiger partial charge in [-0.2, -0.15) is 0 Å². The van der Waals surface area contributed by atoms with Gasteiger partial charge in [-0.15, -0.1) is 0 Å². The lowest BCUT2D eigenvalue weighted by Gasteiger charge is -2.23.